The minimum atomic E-state index is -0.859. The molecule has 0 bridgehead atoms. The van der Waals surface area contributed by atoms with Gasteiger partial charge in [0.25, 0.3) is 0 Å². The van der Waals surface area contributed by atoms with Gasteiger partial charge in [-0.15, -0.1) is 0 Å². The Labute approximate surface area is 53.1 Å². The van der Waals surface area contributed by atoms with Crippen molar-refractivity contribution in [3.05, 3.63) is 0 Å². The van der Waals surface area contributed by atoms with E-state index in [-0.39, 0.29) is 12.6 Å². The van der Waals surface area contributed by atoms with Crippen LogP contribution in [-0.4, -0.2) is 40.3 Å². The molecule has 4 nitrogen and oxygen atoms in total. The van der Waals surface area contributed by atoms with Crippen molar-refractivity contribution in [3.63, 3.8) is 0 Å². The Hall–Kier alpha value is -0.160. The van der Waals surface area contributed by atoms with Crippen LogP contribution in [0.5, 0.6) is 0 Å². The van der Waals surface area contributed by atoms with E-state index in [1.165, 1.54) is 0 Å². The third kappa shape index (κ3) is 1.40. The van der Waals surface area contributed by atoms with Crippen LogP contribution >= 0.6 is 0 Å². The summed E-state index contributed by atoms with van der Waals surface area (Å²) in [5, 5.41) is 28.8. The zero-order valence-electron chi connectivity index (χ0n) is 4.99. The van der Waals surface area contributed by atoms with Crippen LogP contribution in [0.2, 0.25) is 0 Å². The number of aliphatic hydroxyl groups is 3. The number of hydrogen-bond donors (Lipinski definition) is 4. The molecule has 1 aliphatic rings. The molecule has 0 amide bonds. The first-order valence-electron chi connectivity index (χ1n) is 2.97. The normalized spacial score (nSPS) is 43.7. The van der Waals surface area contributed by atoms with Crippen LogP contribution in [0.3, 0.4) is 0 Å². The minimum absolute atomic E-state index is 0.0336. The summed E-state index contributed by atoms with van der Waals surface area (Å²) < 4.78 is 0. The second kappa shape index (κ2) is 2.62. The molecule has 0 spiro atoms. The quantitative estimate of drug-likeness (QED) is 0.334. The molecule has 0 aromatic carbocycles. The summed E-state index contributed by atoms with van der Waals surface area (Å²) in [5.74, 6) is 0. The molecule has 1 fully saturated rings. The highest BCUT2D eigenvalue weighted by molar-refractivity contribution is 4.83. The van der Waals surface area contributed by atoms with E-state index < -0.39 is 12.3 Å². The van der Waals surface area contributed by atoms with Gasteiger partial charge in [0.2, 0.25) is 0 Å². The fourth-order valence-electron chi connectivity index (χ4n) is 0.968. The molecule has 4 heteroatoms. The van der Waals surface area contributed by atoms with Crippen LogP contribution in [0.1, 0.15) is 6.42 Å². The highest BCUT2D eigenvalue weighted by atomic mass is 16.3. The maximum Gasteiger partial charge on any atom is 0.131 e. The lowest BCUT2D eigenvalue weighted by molar-refractivity contribution is 0.0314. The molecule has 3 unspecified atom stereocenters. The van der Waals surface area contributed by atoms with Gasteiger partial charge in [0, 0.05) is 6.04 Å². The predicted octanol–water partition coefficient (Wildman–Crippen LogP) is -1.98. The Morgan fingerprint density at radius 3 is 2.33 bits per heavy atom. The first-order chi connectivity index (χ1) is 4.24. The first kappa shape index (κ1) is 6.95. The molecule has 9 heavy (non-hydrogen) atoms. The molecule has 1 aliphatic heterocycles. The minimum Gasteiger partial charge on any atom is -0.395 e. The Morgan fingerprint density at radius 2 is 2.11 bits per heavy atom. The Morgan fingerprint density at radius 1 is 1.44 bits per heavy atom. The van der Waals surface area contributed by atoms with E-state index in [0.29, 0.717) is 6.42 Å². The molecule has 1 rings (SSSR count). The average molecular weight is 133 g/mol. The number of aliphatic hydroxyl groups excluding tert-OH is 3. The molecule has 4 N–H and O–H groups in total. The smallest absolute Gasteiger partial charge is 0.131 e. The predicted molar refractivity (Wildman–Crippen MR) is 30.6 cm³/mol. The molecule has 0 aliphatic carbocycles. The maximum atomic E-state index is 8.88. The van der Waals surface area contributed by atoms with E-state index in [0.717, 1.165) is 0 Å². The monoisotopic (exact) mass is 133 g/mol. The Bertz CT molecular complexity index is 88.2. The summed E-state index contributed by atoms with van der Waals surface area (Å²) in [6, 6.07) is -0.144. The number of nitrogens with one attached hydrogen (secondary N) is 1. The van der Waals surface area contributed by atoms with E-state index in [9.17, 15) is 0 Å². The molecule has 0 aromatic rings. The lowest BCUT2D eigenvalue weighted by Gasteiger charge is -2.05. The van der Waals surface area contributed by atoms with Crippen molar-refractivity contribution in [2.75, 3.05) is 6.61 Å². The molecule has 1 heterocycles. The summed E-state index contributed by atoms with van der Waals surface area (Å²) in [6.07, 6.45) is -1.15. The fraction of sp³-hybridized carbons (Fsp3) is 1.00. The van der Waals surface area contributed by atoms with E-state index in [4.69, 9.17) is 15.3 Å². The third-order valence-corrected chi connectivity index (χ3v) is 1.52. The molecule has 54 valence electrons. The summed E-state index contributed by atoms with van der Waals surface area (Å²) in [6.45, 7) is -0.0336. The van der Waals surface area contributed by atoms with Gasteiger partial charge >= 0.3 is 0 Å². The number of rotatable bonds is 1. The van der Waals surface area contributed by atoms with E-state index in [1.54, 1.807) is 0 Å². The molecule has 1 saturated heterocycles. The van der Waals surface area contributed by atoms with Gasteiger partial charge < -0.3 is 15.3 Å². The summed E-state index contributed by atoms with van der Waals surface area (Å²) >= 11 is 0. The molecule has 0 radical (unpaired) electrons. The fourth-order valence-corrected chi connectivity index (χ4v) is 0.968. The largest absolute Gasteiger partial charge is 0.395 e. The van der Waals surface area contributed by atoms with Gasteiger partial charge in [0.15, 0.2) is 0 Å². The van der Waals surface area contributed by atoms with E-state index in [1.807, 2.05) is 0 Å². The second-order valence-electron chi connectivity index (χ2n) is 2.29. The van der Waals surface area contributed by atoms with Crippen molar-refractivity contribution in [1.82, 2.24) is 5.32 Å². The van der Waals surface area contributed by atoms with Gasteiger partial charge in [0.05, 0.1) is 12.7 Å². The van der Waals surface area contributed by atoms with Crippen LogP contribution in [0.25, 0.3) is 0 Å². The van der Waals surface area contributed by atoms with Crippen LogP contribution in [-0.2, 0) is 0 Å². The van der Waals surface area contributed by atoms with Gasteiger partial charge in [-0.2, -0.15) is 0 Å². The Balaban J connectivity index is 2.35. The molecular weight excluding hydrogens is 122 g/mol. The standard InChI is InChI=1S/C5H11NO3/c7-2-3-1-4(8)5(9)6-3/h3-9H,1-2H2. The highest BCUT2D eigenvalue weighted by Crippen LogP contribution is 2.09. The summed E-state index contributed by atoms with van der Waals surface area (Å²) in [4.78, 5) is 0. The summed E-state index contributed by atoms with van der Waals surface area (Å²) in [5.41, 5.74) is 0. The zero-order chi connectivity index (χ0) is 6.85. The molecule has 3 atom stereocenters. The SMILES string of the molecule is OCC1CC(O)C(O)N1. The zero-order valence-corrected chi connectivity index (χ0v) is 4.99. The van der Waals surface area contributed by atoms with E-state index in [2.05, 4.69) is 5.32 Å². The van der Waals surface area contributed by atoms with Crippen molar-refractivity contribution in [2.45, 2.75) is 24.8 Å². The highest BCUT2D eigenvalue weighted by Gasteiger charge is 2.29. The van der Waals surface area contributed by atoms with Crippen LogP contribution < -0.4 is 5.32 Å². The van der Waals surface area contributed by atoms with Crippen molar-refractivity contribution in [1.29, 1.82) is 0 Å². The molecular formula is C5H11NO3. The van der Waals surface area contributed by atoms with Gasteiger partial charge in [0.1, 0.15) is 6.23 Å². The number of hydrogen-bond acceptors (Lipinski definition) is 4. The van der Waals surface area contributed by atoms with Gasteiger partial charge in [-0.05, 0) is 6.42 Å². The van der Waals surface area contributed by atoms with Crippen molar-refractivity contribution in [2.24, 2.45) is 0 Å². The molecule has 0 saturated carbocycles. The molecule has 0 aromatic heterocycles. The third-order valence-electron chi connectivity index (χ3n) is 1.52. The Kier molecular flexibility index (Phi) is 2.02. The lowest BCUT2D eigenvalue weighted by Crippen LogP contribution is -2.34. The van der Waals surface area contributed by atoms with Crippen LogP contribution in [0.4, 0.5) is 0 Å². The average Bonchev–Trinajstić information content (AvgIpc) is 2.13. The van der Waals surface area contributed by atoms with Gasteiger partial charge in [-0.3, -0.25) is 5.32 Å². The summed E-state index contributed by atoms with van der Waals surface area (Å²) in [7, 11) is 0. The van der Waals surface area contributed by atoms with Gasteiger partial charge in [-0.1, -0.05) is 0 Å². The van der Waals surface area contributed by atoms with Gasteiger partial charge in [-0.25, -0.2) is 0 Å². The van der Waals surface area contributed by atoms with Crippen LogP contribution in [0, 0.1) is 0 Å². The first-order valence-corrected chi connectivity index (χ1v) is 2.97. The topological polar surface area (TPSA) is 72.7 Å². The van der Waals surface area contributed by atoms with E-state index >= 15 is 0 Å². The lowest BCUT2D eigenvalue weighted by atomic mass is 10.2. The van der Waals surface area contributed by atoms with Crippen molar-refractivity contribution >= 4 is 0 Å². The van der Waals surface area contributed by atoms with Crippen LogP contribution in [0.15, 0.2) is 0 Å². The van der Waals surface area contributed by atoms with Crippen molar-refractivity contribution in [3.8, 4) is 0 Å². The van der Waals surface area contributed by atoms with Crippen molar-refractivity contribution < 1.29 is 15.3 Å². The second-order valence-corrected chi connectivity index (χ2v) is 2.29. The maximum absolute atomic E-state index is 8.88.